The molecular weight excluding hydrogens is 354 g/mol. The molecule has 2 heterocycles. The second kappa shape index (κ2) is 8.68. The molecule has 142 valence electrons. The van der Waals surface area contributed by atoms with Crippen molar-refractivity contribution in [1.29, 1.82) is 0 Å². The maximum atomic E-state index is 11.2. The van der Waals surface area contributed by atoms with Crippen molar-refractivity contribution in [3.63, 3.8) is 0 Å². The number of nitrogens with zero attached hydrogens (tertiary/aromatic N) is 1. The van der Waals surface area contributed by atoms with Crippen molar-refractivity contribution in [2.45, 2.75) is 33.6 Å². The van der Waals surface area contributed by atoms with E-state index < -0.39 is 5.97 Å². The van der Waals surface area contributed by atoms with Gasteiger partial charge in [0.1, 0.15) is 0 Å². The topological polar surface area (TPSA) is 40.5 Å². The number of rotatable bonds is 6. The van der Waals surface area contributed by atoms with Crippen LogP contribution in [0.25, 0.3) is 5.57 Å². The number of carboxylic acid groups (broad SMARTS) is 1. The van der Waals surface area contributed by atoms with Gasteiger partial charge in [-0.15, -0.1) is 11.3 Å². The molecule has 3 nitrogen and oxygen atoms in total. The van der Waals surface area contributed by atoms with Gasteiger partial charge in [0.25, 0.3) is 0 Å². The zero-order valence-corrected chi connectivity index (χ0v) is 17.1. The largest absolute Gasteiger partial charge is 0.478 e. The van der Waals surface area contributed by atoms with Gasteiger partial charge < -0.3 is 5.11 Å². The van der Waals surface area contributed by atoms with Crippen LogP contribution in [0.15, 0.2) is 47.4 Å². The molecule has 0 spiro atoms. The Morgan fingerprint density at radius 2 is 2.04 bits per heavy atom. The molecule has 0 bridgehead atoms. The number of aryl methyl sites for hydroxylation is 3. The average Bonchev–Trinajstić information content (AvgIpc) is 3.05. The number of benzene rings is 1. The summed E-state index contributed by atoms with van der Waals surface area (Å²) < 4.78 is 0. The number of thiophene rings is 1. The number of hydrogen-bond donors (Lipinski definition) is 1. The number of carbonyl (C=O) groups is 1. The smallest absolute Gasteiger partial charge is 0.332 e. The van der Waals surface area contributed by atoms with Crippen molar-refractivity contribution >= 4 is 22.9 Å². The molecule has 3 rings (SSSR count). The van der Waals surface area contributed by atoms with Gasteiger partial charge in [0.2, 0.25) is 0 Å². The van der Waals surface area contributed by atoms with E-state index >= 15 is 0 Å². The molecule has 0 saturated heterocycles. The third-order valence-electron chi connectivity index (χ3n) is 5.08. The Bertz CT molecular complexity index is 892. The van der Waals surface area contributed by atoms with Gasteiger partial charge in [0.15, 0.2) is 0 Å². The van der Waals surface area contributed by atoms with E-state index in [1.54, 1.807) is 11.3 Å². The fraction of sp³-hybridized carbons (Fsp3) is 0.348. The van der Waals surface area contributed by atoms with Crippen LogP contribution in [0.4, 0.5) is 0 Å². The first-order valence-electron chi connectivity index (χ1n) is 9.42. The highest BCUT2D eigenvalue weighted by Crippen LogP contribution is 2.33. The van der Waals surface area contributed by atoms with Crippen LogP contribution >= 0.6 is 11.3 Å². The van der Waals surface area contributed by atoms with Crippen LogP contribution in [0.5, 0.6) is 0 Å². The Morgan fingerprint density at radius 3 is 2.70 bits per heavy atom. The molecule has 0 atom stereocenters. The predicted octanol–water partition coefficient (Wildman–Crippen LogP) is 5.21. The van der Waals surface area contributed by atoms with E-state index in [2.05, 4.69) is 61.4 Å². The summed E-state index contributed by atoms with van der Waals surface area (Å²) in [5.41, 5.74) is 6.99. The summed E-state index contributed by atoms with van der Waals surface area (Å²) in [5, 5.41) is 11.4. The SMILES string of the molecule is Cc1ccc(C(=CCCN2CCC=C(C(=O)O)C2)c2sccc2C)c(C)c1. The zero-order valence-electron chi connectivity index (χ0n) is 16.3. The summed E-state index contributed by atoms with van der Waals surface area (Å²) in [5.74, 6) is -0.791. The fourth-order valence-corrected chi connectivity index (χ4v) is 4.61. The molecule has 0 amide bonds. The number of aliphatic carboxylic acids is 1. The van der Waals surface area contributed by atoms with Crippen LogP contribution in [0.1, 0.15) is 40.0 Å². The average molecular weight is 382 g/mol. The molecule has 1 aromatic carbocycles. The molecule has 0 fully saturated rings. The molecule has 27 heavy (non-hydrogen) atoms. The van der Waals surface area contributed by atoms with Crippen LogP contribution in [-0.2, 0) is 4.79 Å². The molecule has 0 unspecified atom stereocenters. The van der Waals surface area contributed by atoms with Gasteiger partial charge in [-0.3, -0.25) is 4.90 Å². The Balaban J connectivity index is 1.81. The van der Waals surface area contributed by atoms with Gasteiger partial charge in [0, 0.05) is 30.1 Å². The first-order chi connectivity index (χ1) is 13.0. The minimum absolute atomic E-state index is 0.522. The van der Waals surface area contributed by atoms with Gasteiger partial charge in [-0.1, -0.05) is 35.9 Å². The van der Waals surface area contributed by atoms with Gasteiger partial charge in [0.05, 0.1) is 0 Å². The highest BCUT2D eigenvalue weighted by atomic mass is 32.1. The van der Waals surface area contributed by atoms with Gasteiger partial charge in [-0.25, -0.2) is 4.79 Å². The van der Waals surface area contributed by atoms with Crippen molar-refractivity contribution < 1.29 is 9.90 Å². The van der Waals surface area contributed by atoms with Crippen LogP contribution in [0.2, 0.25) is 0 Å². The van der Waals surface area contributed by atoms with Crippen LogP contribution in [0.3, 0.4) is 0 Å². The van der Waals surface area contributed by atoms with Crippen LogP contribution in [-0.4, -0.2) is 35.6 Å². The summed E-state index contributed by atoms with van der Waals surface area (Å²) in [6.45, 7) is 8.82. The van der Waals surface area contributed by atoms with Crippen molar-refractivity contribution in [1.82, 2.24) is 4.90 Å². The monoisotopic (exact) mass is 381 g/mol. The minimum atomic E-state index is -0.791. The van der Waals surface area contributed by atoms with E-state index in [9.17, 15) is 9.90 Å². The Kier molecular flexibility index (Phi) is 6.30. The van der Waals surface area contributed by atoms with Gasteiger partial charge >= 0.3 is 5.97 Å². The summed E-state index contributed by atoms with van der Waals surface area (Å²) in [6, 6.07) is 8.81. The third kappa shape index (κ3) is 4.76. The van der Waals surface area contributed by atoms with Gasteiger partial charge in [-0.05, 0) is 67.3 Å². The lowest BCUT2D eigenvalue weighted by Gasteiger charge is -2.25. The first kappa shape index (κ1) is 19.6. The third-order valence-corrected chi connectivity index (χ3v) is 6.13. The lowest BCUT2D eigenvalue weighted by Crippen LogP contribution is -2.32. The lowest BCUT2D eigenvalue weighted by atomic mass is 9.95. The van der Waals surface area contributed by atoms with Crippen molar-refractivity contribution in [2.75, 3.05) is 19.6 Å². The van der Waals surface area contributed by atoms with E-state index in [1.807, 2.05) is 6.08 Å². The predicted molar refractivity (Wildman–Crippen MR) is 113 cm³/mol. The summed E-state index contributed by atoms with van der Waals surface area (Å²) in [7, 11) is 0. The maximum Gasteiger partial charge on any atom is 0.332 e. The second-order valence-electron chi connectivity index (χ2n) is 7.26. The quantitative estimate of drug-likeness (QED) is 0.746. The van der Waals surface area contributed by atoms with Gasteiger partial charge in [-0.2, -0.15) is 0 Å². The fourth-order valence-electron chi connectivity index (χ4n) is 3.63. The second-order valence-corrected chi connectivity index (χ2v) is 8.17. The Morgan fingerprint density at radius 1 is 1.22 bits per heavy atom. The van der Waals surface area contributed by atoms with E-state index in [4.69, 9.17) is 0 Å². The number of hydrogen-bond acceptors (Lipinski definition) is 3. The van der Waals surface area contributed by atoms with E-state index in [1.165, 1.54) is 32.7 Å². The van der Waals surface area contributed by atoms with E-state index in [0.29, 0.717) is 12.1 Å². The molecule has 0 aliphatic carbocycles. The first-order valence-corrected chi connectivity index (χ1v) is 10.3. The zero-order chi connectivity index (χ0) is 19.4. The molecule has 0 radical (unpaired) electrons. The Hall–Kier alpha value is -2.17. The summed E-state index contributed by atoms with van der Waals surface area (Å²) >= 11 is 1.79. The molecular formula is C23H27NO2S. The molecule has 1 aromatic heterocycles. The molecule has 1 aliphatic rings. The molecule has 4 heteroatoms. The molecule has 1 N–H and O–H groups in total. The van der Waals surface area contributed by atoms with Crippen LogP contribution in [0, 0.1) is 20.8 Å². The summed E-state index contributed by atoms with van der Waals surface area (Å²) in [6.07, 6.45) is 5.91. The lowest BCUT2D eigenvalue weighted by molar-refractivity contribution is -0.133. The van der Waals surface area contributed by atoms with Crippen molar-refractivity contribution in [3.8, 4) is 0 Å². The van der Waals surface area contributed by atoms with Crippen molar-refractivity contribution in [2.24, 2.45) is 0 Å². The Labute approximate surface area is 165 Å². The maximum absolute atomic E-state index is 11.2. The molecule has 1 aliphatic heterocycles. The van der Waals surface area contributed by atoms with Crippen LogP contribution < -0.4 is 0 Å². The molecule has 2 aromatic rings. The van der Waals surface area contributed by atoms with E-state index in [0.717, 1.165) is 25.9 Å². The number of carboxylic acids is 1. The summed E-state index contributed by atoms with van der Waals surface area (Å²) in [4.78, 5) is 14.8. The van der Waals surface area contributed by atoms with Crippen molar-refractivity contribution in [3.05, 3.63) is 74.5 Å². The normalized spacial score (nSPS) is 15.7. The highest BCUT2D eigenvalue weighted by molar-refractivity contribution is 7.11. The van der Waals surface area contributed by atoms with E-state index in [-0.39, 0.29) is 0 Å². The highest BCUT2D eigenvalue weighted by Gasteiger charge is 2.17. The minimum Gasteiger partial charge on any atom is -0.478 e. The molecule has 0 saturated carbocycles. The standard InChI is InChI=1S/C23H27NO2S/c1-16-8-9-20(18(3)14-16)21(22-17(2)10-13-27-22)7-5-12-24-11-4-6-19(15-24)23(25)26/h6-10,13-14H,4-5,11-12,15H2,1-3H3,(H,25,26).